The Morgan fingerprint density at radius 2 is 1.75 bits per heavy atom. The molecule has 1 saturated heterocycles. The lowest BCUT2D eigenvalue weighted by Gasteiger charge is -2.26. The van der Waals surface area contributed by atoms with Gasteiger partial charge in [0, 0.05) is 18.8 Å². The minimum atomic E-state index is -3.74. The molecular formula is C23H27ClN2O5S. The van der Waals surface area contributed by atoms with Crippen molar-refractivity contribution >= 4 is 39.2 Å². The number of sulfonamides is 1. The molecule has 32 heavy (non-hydrogen) atoms. The first-order chi connectivity index (χ1) is 15.2. The number of rotatable bonds is 7. The van der Waals surface area contributed by atoms with E-state index in [1.807, 2.05) is 19.1 Å². The number of benzene rings is 2. The number of piperidine rings is 1. The molecule has 0 aliphatic carbocycles. The number of hydrogen-bond acceptors (Lipinski definition) is 5. The van der Waals surface area contributed by atoms with E-state index in [1.165, 1.54) is 29.4 Å². The molecule has 1 unspecified atom stereocenters. The van der Waals surface area contributed by atoms with Crippen molar-refractivity contribution in [1.29, 1.82) is 0 Å². The van der Waals surface area contributed by atoms with E-state index in [0.717, 1.165) is 31.2 Å². The summed E-state index contributed by atoms with van der Waals surface area (Å²) in [6.07, 6.45) is 2.37. The van der Waals surface area contributed by atoms with E-state index in [-0.39, 0.29) is 15.5 Å². The molecule has 1 aliphatic heterocycles. The Labute approximate surface area is 193 Å². The van der Waals surface area contributed by atoms with Crippen molar-refractivity contribution in [1.82, 2.24) is 4.31 Å². The van der Waals surface area contributed by atoms with Gasteiger partial charge in [0.15, 0.2) is 6.10 Å². The second kappa shape index (κ2) is 10.5. The van der Waals surface area contributed by atoms with Gasteiger partial charge in [-0.2, -0.15) is 4.31 Å². The maximum absolute atomic E-state index is 12.9. The van der Waals surface area contributed by atoms with Crippen LogP contribution in [0.2, 0.25) is 5.02 Å². The van der Waals surface area contributed by atoms with Crippen LogP contribution in [0.5, 0.6) is 0 Å². The second-order valence-corrected chi connectivity index (χ2v) is 10.0. The van der Waals surface area contributed by atoms with Crippen LogP contribution in [0.1, 0.15) is 49.0 Å². The Balaban J connectivity index is 1.71. The van der Waals surface area contributed by atoms with E-state index < -0.39 is 28.0 Å². The first-order valence-corrected chi connectivity index (χ1v) is 12.4. The lowest BCUT2D eigenvalue weighted by atomic mass is 10.1. The van der Waals surface area contributed by atoms with Crippen LogP contribution in [-0.2, 0) is 26.0 Å². The number of anilines is 1. The molecule has 2 aromatic carbocycles. The molecule has 7 nitrogen and oxygen atoms in total. The number of nitrogens with one attached hydrogen (secondary N) is 1. The van der Waals surface area contributed by atoms with Gasteiger partial charge in [-0.05, 0) is 62.1 Å². The first-order valence-electron chi connectivity index (χ1n) is 10.6. The number of carbonyl (C=O) groups excluding carboxylic acids is 2. The summed E-state index contributed by atoms with van der Waals surface area (Å²) in [6.45, 7) is 4.37. The van der Waals surface area contributed by atoms with Crippen LogP contribution in [0, 0.1) is 0 Å². The van der Waals surface area contributed by atoms with Gasteiger partial charge in [-0.3, -0.25) is 4.79 Å². The third kappa shape index (κ3) is 5.68. The third-order valence-corrected chi connectivity index (χ3v) is 7.62. The number of carbonyl (C=O) groups is 2. The normalized spacial score (nSPS) is 15.7. The Morgan fingerprint density at radius 3 is 2.38 bits per heavy atom. The highest BCUT2D eigenvalue weighted by molar-refractivity contribution is 7.89. The maximum atomic E-state index is 12.9. The lowest BCUT2D eigenvalue weighted by molar-refractivity contribution is -0.123. The molecule has 1 atom stereocenters. The summed E-state index contributed by atoms with van der Waals surface area (Å²) in [5, 5.41) is 2.74. The van der Waals surface area contributed by atoms with Gasteiger partial charge in [0.2, 0.25) is 10.0 Å². The first kappa shape index (κ1) is 24.2. The molecule has 0 bridgehead atoms. The van der Waals surface area contributed by atoms with Crippen molar-refractivity contribution in [2.24, 2.45) is 0 Å². The zero-order chi connectivity index (χ0) is 23.3. The standard InChI is InChI=1S/C23H27ClN2O5S/c1-3-17-7-9-18(10-8-17)25-22(27)16(2)31-23(28)20-15-19(11-12-21(20)24)32(29,30)26-13-5-4-6-14-26/h7-12,15-16H,3-6,13-14H2,1-2H3,(H,25,27). The average molecular weight is 479 g/mol. The maximum Gasteiger partial charge on any atom is 0.340 e. The van der Waals surface area contributed by atoms with Crippen LogP contribution in [-0.4, -0.2) is 43.8 Å². The summed E-state index contributed by atoms with van der Waals surface area (Å²) in [6, 6.07) is 11.3. The molecule has 0 radical (unpaired) electrons. The summed E-state index contributed by atoms with van der Waals surface area (Å²) in [4.78, 5) is 25.1. The third-order valence-electron chi connectivity index (χ3n) is 5.39. The fourth-order valence-electron chi connectivity index (χ4n) is 3.42. The summed E-state index contributed by atoms with van der Waals surface area (Å²) in [7, 11) is -3.74. The molecule has 3 rings (SSSR count). The zero-order valence-electron chi connectivity index (χ0n) is 18.1. The highest BCUT2D eigenvalue weighted by Gasteiger charge is 2.28. The minimum Gasteiger partial charge on any atom is -0.449 e. The molecule has 9 heteroatoms. The summed E-state index contributed by atoms with van der Waals surface area (Å²) >= 11 is 6.14. The van der Waals surface area contributed by atoms with Crippen molar-refractivity contribution in [3.05, 3.63) is 58.6 Å². The van der Waals surface area contributed by atoms with Gasteiger partial charge in [0.25, 0.3) is 5.91 Å². The summed E-state index contributed by atoms with van der Waals surface area (Å²) in [5.41, 5.74) is 1.62. The summed E-state index contributed by atoms with van der Waals surface area (Å²) < 4.78 is 32.5. The molecule has 172 valence electrons. The summed E-state index contributed by atoms with van der Waals surface area (Å²) in [5.74, 6) is -1.37. The van der Waals surface area contributed by atoms with Gasteiger partial charge in [-0.25, -0.2) is 13.2 Å². The quantitative estimate of drug-likeness (QED) is 0.600. The zero-order valence-corrected chi connectivity index (χ0v) is 19.7. The van der Waals surface area contributed by atoms with Gasteiger partial charge in [0.05, 0.1) is 15.5 Å². The van der Waals surface area contributed by atoms with Crippen molar-refractivity contribution in [3.8, 4) is 0 Å². The van der Waals surface area contributed by atoms with E-state index in [2.05, 4.69) is 5.32 Å². The molecule has 0 saturated carbocycles. The number of halogens is 1. The molecule has 1 heterocycles. The fourth-order valence-corrected chi connectivity index (χ4v) is 5.16. The topological polar surface area (TPSA) is 92.8 Å². The van der Waals surface area contributed by atoms with Crippen LogP contribution in [0.25, 0.3) is 0 Å². The predicted octanol–water partition coefficient (Wildman–Crippen LogP) is 4.26. The second-order valence-electron chi connectivity index (χ2n) is 7.69. The van der Waals surface area contributed by atoms with Gasteiger partial charge >= 0.3 is 5.97 Å². The van der Waals surface area contributed by atoms with Crippen molar-refractivity contribution in [2.45, 2.75) is 50.5 Å². The SMILES string of the molecule is CCc1ccc(NC(=O)C(C)OC(=O)c2cc(S(=O)(=O)N3CCCCC3)ccc2Cl)cc1. The van der Waals surface area contributed by atoms with E-state index in [0.29, 0.717) is 18.8 Å². The molecule has 1 N–H and O–H groups in total. The monoisotopic (exact) mass is 478 g/mol. The molecule has 1 amide bonds. The largest absolute Gasteiger partial charge is 0.449 e. The van der Waals surface area contributed by atoms with E-state index in [9.17, 15) is 18.0 Å². The Morgan fingerprint density at radius 1 is 1.09 bits per heavy atom. The van der Waals surface area contributed by atoms with E-state index >= 15 is 0 Å². The van der Waals surface area contributed by atoms with Gasteiger partial charge < -0.3 is 10.1 Å². The van der Waals surface area contributed by atoms with Crippen LogP contribution >= 0.6 is 11.6 Å². The average Bonchev–Trinajstić information content (AvgIpc) is 2.80. The number of amides is 1. The Hall–Kier alpha value is -2.42. The van der Waals surface area contributed by atoms with Gasteiger partial charge in [-0.1, -0.05) is 37.1 Å². The van der Waals surface area contributed by atoms with Crippen LogP contribution in [0.3, 0.4) is 0 Å². The number of aryl methyl sites for hydroxylation is 1. The highest BCUT2D eigenvalue weighted by Crippen LogP contribution is 2.26. The molecule has 2 aromatic rings. The number of ether oxygens (including phenoxy) is 1. The Bertz CT molecular complexity index is 1080. The molecule has 0 aromatic heterocycles. The number of hydrogen-bond donors (Lipinski definition) is 1. The minimum absolute atomic E-state index is 0.0242. The van der Waals surface area contributed by atoms with Gasteiger partial charge in [-0.15, -0.1) is 0 Å². The van der Waals surface area contributed by atoms with E-state index in [4.69, 9.17) is 16.3 Å². The van der Waals surface area contributed by atoms with Crippen molar-refractivity contribution in [3.63, 3.8) is 0 Å². The lowest BCUT2D eigenvalue weighted by Crippen LogP contribution is -2.35. The van der Waals surface area contributed by atoms with Crippen LogP contribution < -0.4 is 5.32 Å². The van der Waals surface area contributed by atoms with Gasteiger partial charge in [0.1, 0.15) is 0 Å². The highest BCUT2D eigenvalue weighted by atomic mass is 35.5. The Kier molecular flexibility index (Phi) is 7.92. The van der Waals surface area contributed by atoms with Crippen LogP contribution in [0.4, 0.5) is 5.69 Å². The van der Waals surface area contributed by atoms with Crippen LogP contribution in [0.15, 0.2) is 47.4 Å². The number of esters is 1. The van der Waals surface area contributed by atoms with Crippen molar-refractivity contribution < 1.29 is 22.7 Å². The molecule has 1 fully saturated rings. The smallest absolute Gasteiger partial charge is 0.340 e. The van der Waals surface area contributed by atoms with E-state index in [1.54, 1.807) is 12.1 Å². The number of nitrogens with zero attached hydrogens (tertiary/aromatic N) is 1. The fraction of sp³-hybridized carbons (Fsp3) is 0.391. The van der Waals surface area contributed by atoms with Crippen molar-refractivity contribution in [2.75, 3.05) is 18.4 Å². The molecule has 1 aliphatic rings. The molecular weight excluding hydrogens is 452 g/mol. The molecule has 0 spiro atoms. The predicted molar refractivity (Wildman–Crippen MR) is 123 cm³/mol.